The number of carbonyl (C=O) groups is 2. The number of halogens is 2. The minimum absolute atomic E-state index is 0.129. The van der Waals surface area contributed by atoms with Gasteiger partial charge in [0.15, 0.2) is 0 Å². The first-order chi connectivity index (χ1) is 18.0. The number of nitrogens with one attached hydrogen (secondary N) is 1. The lowest BCUT2D eigenvalue weighted by atomic mass is 10.0. The molecular formula is C28H31Br2N3O4S. The largest absolute Gasteiger partial charge is 0.355 e. The molecule has 0 fully saturated rings. The Balaban J connectivity index is 2.05. The summed E-state index contributed by atoms with van der Waals surface area (Å²) in [5, 5.41) is 2.85. The highest BCUT2D eigenvalue weighted by Gasteiger charge is 2.33. The van der Waals surface area contributed by atoms with Crippen LogP contribution < -0.4 is 9.62 Å². The Morgan fingerprint density at radius 1 is 0.947 bits per heavy atom. The van der Waals surface area contributed by atoms with Gasteiger partial charge in [0, 0.05) is 28.5 Å². The zero-order valence-corrected chi connectivity index (χ0v) is 25.5. The Hall–Kier alpha value is -2.69. The molecule has 202 valence electrons. The highest BCUT2D eigenvalue weighted by Crippen LogP contribution is 2.25. The molecule has 38 heavy (non-hydrogen) atoms. The summed E-state index contributed by atoms with van der Waals surface area (Å²) in [6.45, 7) is 3.75. The first-order valence-corrected chi connectivity index (χ1v) is 15.5. The van der Waals surface area contributed by atoms with Crippen LogP contribution in [0.5, 0.6) is 0 Å². The van der Waals surface area contributed by atoms with Crippen molar-refractivity contribution in [3.05, 3.63) is 98.4 Å². The van der Waals surface area contributed by atoms with Gasteiger partial charge in [0.05, 0.1) is 11.9 Å². The van der Waals surface area contributed by atoms with E-state index in [1.165, 1.54) is 4.90 Å². The molecule has 10 heteroatoms. The smallest absolute Gasteiger partial charge is 0.244 e. The van der Waals surface area contributed by atoms with E-state index in [9.17, 15) is 18.0 Å². The zero-order chi connectivity index (χ0) is 27.9. The quantitative estimate of drug-likeness (QED) is 0.311. The van der Waals surface area contributed by atoms with Crippen LogP contribution in [0.2, 0.25) is 0 Å². The molecule has 0 aliphatic rings. The van der Waals surface area contributed by atoms with Crippen LogP contribution in [0.1, 0.15) is 23.6 Å². The molecule has 0 unspecified atom stereocenters. The first kappa shape index (κ1) is 29.9. The van der Waals surface area contributed by atoms with Crippen molar-refractivity contribution in [2.75, 3.05) is 23.7 Å². The minimum atomic E-state index is -3.81. The number of benzene rings is 3. The third kappa shape index (κ3) is 8.15. The van der Waals surface area contributed by atoms with Crippen molar-refractivity contribution in [1.82, 2.24) is 10.2 Å². The van der Waals surface area contributed by atoms with Crippen LogP contribution in [0.3, 0.4) is 0 Å². The maximum absolute atomic E-state index is 14.0. The molecule has 1 N–H and O–H groups in total. The molecule has 3 rings (SSSR count). The van der Waals surface area contributed by atoms with E-state index in [1.54, 1.807) is 18.2 Å². The number of likely N-dealkylation sites (N-methyl/N-ethyl adjacent to an activating group) is 1. The maximum Gasteiger partial charge on any atom is 0.244 e. The summed E-state index contributed by atoms with van der Waals surface area (Å²) in [4.78, 5) is 28.8. The zero-order valence-electron chi connectivity index (χ0n) is 21.5. The van der Waals surface area contributed by atoms with Crippen molar-refractivity contribution in [2.45, 2.75) is 32.9 Å². The Morgan fingerprint density at radius 3 is 2.24 bits per heavy atom. The van der Waals surface area contributed by atoms with Crippen LogP contribution >= 0.6 is 31.9 Å². The highest BCUT2D eigenvalue weighted by atomic mass is 79.9. The van der Waals surface area contributed by atoms with Gasteiger partial charge in [-0.05, 0) is 60.9 Å². The molecular weight excluding hydrogens is 634 g/mol. The van der Waals surface area contributed by atoms with E-state index in [-0.39, 0.29) is 18.9 Å². The van der Waals surface area contributed by atoms with E-state index in [4.69, 9.17) is 0 Å². The Morgan fingerprint density at radius 2 is 1.63 bits per heavy atom. The molecule has 0 bridgehead atoms. The van der Waals surface area contributed by atoms with Gasteiger partial charge in [-0.3, -0.25) is 13.9 Å². The topological polar surface area (TPSA) is 86.8 Å². The van der Waals surface area contributed by atoms with Crippen LogP contribution in [-0.4, -0.2) is 50.5 Å². The summed E-state index contributed by atoms with van der Waals surface area (Å²) in [5.41, 5.74) is 2.90. The monoisotopic (exact) mass is 663 g/mol. The first-order valence-electron chi connectivity index (χ1n) is 12.1. The van der Waals surface area contributed by atoms with Crippen LogP contribution in [-0.2, 0) is 32.6 Å². The van der Waals surface area contributed by atoms with E-state index in [1.807, 2.05) is 68.4 Å². The van der Waals surface area contributed by atoms with Crippen LogP contribution in [0.15, 0.2) is 81.7 Å². The lowest BCUT2D eigenvalue weighted by molar-refractivity contribution is -0.140. The molecule has 0 aliphatic carbocycles. The van der Waals surface area contributed by atoms with E-state index in [0.29, 0.717) is 12.2 Å². The highest BCUT2D eigenvalue weighted by molar-refractivity contribution is 9.10. The second-order valence-corrected chi connectivity index (χ2v) is 12.6. The molecule has 0 spiro atoms. The fourth-order valence-electron chi connectivity index (χ4n) is 4.08. The predicted octanol–water partition coefficient (Wildman–Crippen LogP) is 5.06. The number of carbonyl (C=O) groups excluding carboxylic acids is 2. The number of amides is 2. The third-order valence-corrected chi connectivity index (χ3v) is 8.50. The van der Waals surface area contributed by atoms with E-state index < -0.39 is 28.5 Å². The number of nitrogens with zero attached hydrogens (tertiary/aromatic N) is 2. The number of rotatable bonds is 11. The number of hydrogen-bond acceptors (Lipinski definition) is 4. The van der Waals surface area contributed by atoms with Gasteiger partial charge in [0.2, 0.25) is 21.8 Å². The molecule has 2 amide bonds. The number of anilines is 1. The Labute approximate surface area is 241 Å². The number of aryl methyl sites for hydroxylation is 1. The molecule has 3 aromatic carbocycles. The van der Waals surface area contributed by atoms with Crippen molar-refractivity contribution in [2.24, 2.45) is 0 Å². The van der Waals surface area contributed by atoms with Crippen LogP contribution in [0.25, 0.3) is 0 Å². The molecule has 0 saturated heterocycles. The van der Waals surface area contributed by atoms with Gasteiger partial charge in [0.1, 0.15) is 12.6 Å². The fourth-order valence-corrected chi connectivity index (χ4v) is 5.61. The van der Waals surface area contributed by atoms with Crippen LogP contribution in [0, 0.1) is 6.92 Å². The van der Waals surface area contributed by atoms with E-state index in [0.717, 1.165) is 36.2 Å². The average Bonchev–Trinajstić information content (AvgIpc) is 2.86. The third-order valence-electron chi connectivity index (χ3n) is 5.97. The molecule has 0 aliphatic heterocycles. The summed E-state index contributed by atoms with van der Waals surface area (Å²) in [7, 11) is -3.81. The summed E-state index contributed by atoms with van der Waals surface area (Å²) in [6.07, 6.45) is 1.35. The van der Waals surface area contributed by atoms with Crippen molar-refractivity contribution in [3.63, 3.8) is 0 Å². The van der Waals surface area contributed by atoms with Crippen LogP contribution in [0.4, 0.5) is 5.69 Å². The van der Waals surface area contributed by atoms with Crippen molar-refractivity contribution >= 4 is 59.4 Å². The lowest BCUT2D eigenvalue weighted by Crippen LogP contribution is -2.53. The summed E-state index contributed by atoms with van der Waals surface area (Å²) >= 11 is 6.90. The van der Waals surface area contributed by atoms with Gasteiger partial charge in [-0.15, -0.1) is 0 Å². The second kappa shape index (κ2) is 13.4. The average molecular weight is 665 g/mol. The van der Waals surface area contributed by atoms with Gasteiger partial charge in [-0.2, -0.15) is 0 Å². The van der Waals surface area contributed by atoms with Gasteiger partial charge in [0.25, 0.3) is 0 Å². The summed E-state index contributed by atoms with van der Waals surface area (Å²) in [6, 6.07) is 21.2. The fraction of sp³-hybridized carbons (Fsp3) is 0.286. The maximum atomic E-state index is 14.0. The molecule has 0 radical (unpaired) electrons. The molecule has 0 saturated carbocycles. The molecule has 0 heterocycles. The summed E-state index contributed by atoms with van der Waals surface area (Å²) < 4.78 is 28.4. The SMILES string of the molecule is CCNC(=O)[C@@H](Cc1ccccc1)N(Cc1cccc(Br)c1)C(=O)CN(c1ccc(Br)c(C)c1)S(C)(=O)=O. The molecule has 1 atom stereocenters. The predicted molar refractivity (Wildman–Crippen MR) is 158 cm³/mol. The van der Waals surface area contributed by atoms with Gasteiger partial charge in [-0.1, -0.05) is 74.3 Å². The summed E-state index contributed by atoms with van der Waals surface area (Å²) in [5.74, 6) is -0.784. The van der Waals surface area contributed by atoms with Gasteiger partial charge < -0.3 is 10.2 Å². The second-order valence-electron chi connectivity index (χ2n) is 8.95. The minimum Gasteiger partial charge on any atom is -0.355 e. The van der Waals surface area contributed by atoms with E-state index >= 15 is 0 Å². The molecule has 7 nitrogen and oxygen atoms in total. The Kier molecular flexibility index (Phi) is 10.5. The van der Waals surface area contributed by atoms with Gasteiger partial charge in [-0.25, -0.2) is 8.42 Å². The molecule has 3 aromatic rings. The lowest BCUT2D eigenvalue weighted by Gasteiger charge is -2.33. The van der Waals surface area contributed by atoms with Crippen molar-refractivity contribution < 1.29 is 18.0 Å². The van der Waals surface area contributed by atoms with Crippen molar-refractivity contribution in [3.8, 4) is 0 Å². The van der Waals surface area contributed by atoms with E-state index in [2.05, 4.69) is 37.2 Å². The standard InChI is InChI=1S/C28H31Br2N3O4S/c1-4-31-28(35)26(17-21-9-6-5-7-10-21)32(18-22-11-8-12-23(29)16-22)27(34)19-33(38(3,36)37)24-13-14-25(30)20(2)15-24/h5-16,26H,4,17-19H2,1-3H3,(H,31,35)/t26-/m1/s1. The Bertz CT molecular complexity index is 1380. The molecule has 0 aromatic heterocycles. The number of sulfonamides is 1. The van der Waals surface area contributed by atoms with Crippen molar-refractivity contribution in [1.29, 1.82) is 0 Å². The number of hydrogen-bond donors (Lipinski definition) is 1. The van der Waals surface area contributed by atoms with Gasteiger partial charge >= 0.3 is 0 Å². The normalized spacial score (nSPS) is 12.0.